The molecule has 1 saturated heterocycles. The van der Waals surface area contributed by atoms with Gasteiger partial charge in [0.1, 0.15) is 0 Å². The first-order valence-corrected chi connectivity index (χ1v) is 11.6. The third-order valence-corrected chi connectivity index (χ3v) is 6.64. The SMILES string of the molecule is CC.Cc1ccc(N=C2S/C(=C\c3ccc(-c4ccc(C)cc4)s3)C(=O)N2C)cc1. The molecule has 1 amide bonds. The van der Waals surface area contributed by atoms with E-state index < -0.39 is 0 Å². The molecule has 30 heavy (non-hydrogen) atoms. The molecule has 3 nitrogen and oxygen atoms in total. The average Bonchev–Trinajstić information content (AvgIpc) is 3.33. The van der Waals surface area contributed by atoms with Crippen molar-refractivity contribution in [3.05, 3.63) is 81.6 Å². The molecule has 0 aliphatic carbocycles. The predicted molar refractivity (Wildman–Crippen MR) is 132 cm³/mol. The number of thioether (sulfide) groups is 1. The number of aryl methyl sites for hydroxylation is 2. The Bertz CT molecular complexity index is 1080. The number of likely N-dealkylation sites (N-methyl/N-ethyl adjacent to an activating group) is 1. The Hall–Kier alpha value is -2.63. The number of thiophene rings is 1. The van der Waals surface area contributed by atoms with Crippen LogP contribution in [0.1, 0.15) is 29.9 Å². The zero-order valence-corrected chi connectivity index (χ0v) is 19.6. The van der Waals surface area contributed by atoms with Crippen LogP contribution in [0.25, 0.3) is 16.5 Å². The van der Waals surface area contributed by atoms with Gasteiger partial charge in [0.25, 0.3) is 5.91 Å². The molecule has 0 bridgehead atoms. The molecule has 0 saturated carbocycles. The van der Waals surface area contributed by atoms with Gasteiger partial charge in [-0.05, 0) is 61.5 Å². The lowest BCUT2D eigenvalue weighted by atomic mass is 10.1. The second kappa shape index (κ2) is 9.92. The number of hydrogen-bond donors (Lipinski definition) is 0. The maximum absolute atomic E-state index is 12.6. The van der Waals surface area contributed by atoms with Gasteiger partial charge >= 0.3 is 0 Å². The van der Waals surface area contributed by atoms with Gasteiger partial charge in [-0.3, -0.25) is 9.69 Å². The summed E-state index contributed by atoms with van der Waals surface area (Å²) >= 11 is 3.11. The van der Waals surface area contributed by atoms with Crippen molar-refractivity contribution in [3.8, 4) is 10.4 Å². The Labute approximate surface area is 187 Å². The maximum Gasteiger partial charge on any atom is 0.266 e. The van der Waals surface area contributed by atoms with Gasteiger partial charge in [0.2, 0.25) is 0 Å². The van der Waals surface area contributed by atoms with Crippen molar-refractivity contribution in [1.29, 1.82) is 0 Å². The van der Waals surface area contributed by atoms with Crippen molar-refractivity contribution < 1.29 is 4.79 Å². The molecule has 3 aromatic rings. The van der Waals surface area contributed by atoms with Crippen LogP contribution in [-0.2, 0) is 4.79 Å². The second-order valence-corrected chi connectivity index (χ2v) is 8.90. The Balaban J connectivity index is 0.00000124. The first kappa shape index (κ1) is 22.1. The molecule has 2 aromatic carbocycles. The molecule has 2 heterocycles. The van der Waals surface area contributed by atoms with Crippen molar-refractivity contribution in [2.24, 2.45) is 4.99 Å². The Morgan fingerprint density at radius 2 is 1.47 bits per heavy atom. The molecule has 0 unspecified atom stereocenters. The van der Waals surface area contributed by atoms with Gasteiger partial charge < -0.3 is 0 Å². The minimum atomic E-state index is -0.0128. The van der Waals surface area contributed by atoms with Crippen LogP contribution in [0.3, 0.4) is 0 Å². The number of amides is 1. The summed E-state index contributed by atoms with van der Waals surface area (Å²) in [6.45, 7) is 8.13. The molecule has 1 aliphatic rings. The number of hydrogen-bond acceptors (Lipinski definition) is 4. The summed E-state index contributed by atoms with van der Waals surface area (Å²) < 4.78 is 0. The topological polar surface area (TPSA) is 32.7 Å². The van der Waals surface area contributed by atoms with Crippen LogP contribution in [0.5, 0.6) is 0 Å². The van der Waals surface area contributed by atoms with E-state index >= 15 is 0 Å². The van der Waals surface area contributed by atoms with E-state index in [1.807, 2.05) is 51.1 Å². The molecule has 0 radical (unpaired) electrons. The molecule has 4 rings (SSSR count). The predicted octanol–water partition coefficient (Wildman–Crippen LogP) is 7.29. The van der Waals surface area contributed by atoms with Gasteiger partial charge in [-0.25, -0.2) is 4.99 Å². The highest BCUT2D eigenvalue weighted by Gasteiger charge is 2.30. The van der Waals surface area contributed by atoms with E-state index in [2.05, 4.69) is 48.3 Å². The smallest absolute Gasteiger partial charge is 0.266 e. The summed E-state index contributed by atoms with van der Waals surface area (Å²) in [5.41, 5.74) is 4.49. The fraction of sp³-hybridized carbons (Fsp3) is 0.200. The number of aliphatic imine (C=N–C) groups is 1. The van der Waals surface area contributed by atoms with Gasteiger partial charge in [-0.1, -0.05) is 61.4 Å². The minimum absolute atomic E-state index is 0.0128. The Morgan fingerprint density at radius 3 is 2.10 bits per heavy atom. The highest BCUT2D eigenvalue weighted by Crippen LogP contribution is 2.36. The summed E-state index contributed by atoms with van der Waals surface area (Å²) in [5, 5.41) is 0.704. The first-order chi connectivity index (χ1) is 14.5. The van der Waals surface area contributed by atoms with Crippen molar-refractivity contribution in [3.63, 3.8) is 0 Å². The van der Waals surface area contributed by atoms with E-state index in [0.717, 1.165) is 10.6 Å². The number of rotatable bonds is 3. The molecule has 0 N–H and O–H groups in total. The second-order valence-electron chi connectivity index (χ2n) is 6.77. The highest BCUT2D eigenvalue weighted by molar-refractivity contribution is 8.18. The average molecular weight is 435 g/mol. The number of amidine groups is 1. The van der Waals surface area contributed by atoms with Crippen molar-refractivity contribution in [1.82, 2.24) is 4.90 Å². The van der Waals surface area contributed by atoms with Crippen LogP contribution in [0.4, 0.5) is 5.69 Å². The zero-order chi connectivity index (χ0) is 21.7. The quantitative estimate of drug-likeness (QED) is 0.405. The van der Waals surface area contributed by atoms with Crippen LogP contribution < -0.4 is 0 Å². The molecular formula is C25H26N2OS2. The molecule has 1 fully saturated rings. The van der Waals surface area contributed by atoms with E-state index in [9.17, 15) is 4.79 Å². The van der Waals surface area contributed by atoms with Gasteiger partial charge in [-0.2, -0.15) is 0 Å². The first-order valence-electron chi connectivity index (χ1n) is 9.99. The van der Waals surface area contributed by atoms with Gasteiger partial charge in [0.05, 0.1) is 10.6 Å². The van der Waals surface area contributed by atoms with Gasteiger partial charge in [-0.15, -0.1) is 11.3 Å². The summed E-state index contributed by atoms with van der Waals surface area (Å²) in [5.74, 6) is -0.0128. The van der Waals surface area contributed by atoms with Crippen LogP contribution in [0.15, 0.2) is 70.6 Å². The van der Waals surface area contributed by atoms with E-state index in [0.29, 0.717) is 10.1 Å². The Kier molecular flexibility index (Phi) is 7.29. The molecule has 1 aliphatic heterocycles. The lowest BCUT2D eigenvalue weighted by Crippen LogP contribution is -2.23. The Morgan fingerprint density at radius 1 is 0.867 bits per heavy atom. The van der Waals surface area contributed by atoms with Gasteiger partial charge in [0.15, 0.2) is 5.17 Å². The van der Waals surface area contributed by atoms with E-state index in [4.69, 9.17) is 0 Å². The summed E-state index contributed by atoms with van der Waals surface area (Å²) in [7, 11) is 1.77. The van der Waals surface area contributed by atoms with Crippen LogP contribution in [-0.4, -0.2) is 23.0 Å². The van der Waals surface area contributed by atoms with Crippen LogP contribution in [0, 0.1) is 13.8 Å². The fourth-order valence-electron chi connectivity index (χ4n) is 2.81. The normalized spacial score (nSPS) is 16.2. The molecule has 0 atom stereocenters. The molecule has 0 spiro atoms. The maximum atomic E-state index is 12.6. The molecule has 1 aromatic heterocycles. The molecular weight excluding hydrogens is 408 g/mol. The van der Waals surface area contributed by atoms with Crippen molar-refractivity contribution >= 4 is 45.9 Å². The highest BCUT2D eigenvalue weighted by atomic mass is 32.2. The van der Waals surface area contributed by atoms with Crippen LogP contribution in [0.2, 0.25) is 0 Å². The third-order valence-electron chi connectivity index (χ3n) is 4.50. The van der Waals surface area contributed by atoms with Gasteiger partial charge in [0, 0.05) is 16.8 Å². The van der Waals surface area contributed by atoms with Crippen molar-refractivity contribution in [2.75, 3.05) is 7.05 Å². The summed E-state index contributed by atoms with van der Waals surface area (Å²) in [6, 6.07) is 20.7. The summed E-state index contributed by atoms with van der Waals surface area (Å²) in [4.78, 5) is 21.9. The van der Waals surface area contributed by atoms with Crippen molar-refractivity contribution in [2.45, 2.75) is 27.7 Å². The zero-order valence-electron chi connectivity index (χ0n) is 18.0. The summed E-state index contributed by atoms with van der Waals surface area (Å²) in [6.07, 6.45) is 1.96. The lowest BCUT2D eigenvalue weighted by molar-refractivity contribution is -0.121. The monoisotopic (exact) mass is 434 g/mol. The van der Waals surface area contributed by atoms with E-state index in [1.165, 1.54) is 33.3 Å². The largest absolute Gasteiger partial charge is 0.290 e. The molecule has 154 valence electrons. The number of benzene rings is 2. The van der Waals surface area contributed by atoms with E-state index in [1.54, 1.807) is 23.3 Å². The fourth-order valence-corrected chi connectivity index (χ4v) is 4.82. The van der Waals surface area contributed by atoms with E-state index in [-0.39, 0.29) is 5.91 Å². The standard InChI is InChI=1S/C23H20N2OS2.C2H6/c1-15-4-8-17(9-5-15)20-13-12-19(27-20)14-21-22(26)25(3)23(28-21)24-18-10-6-16(2)7-11-18;1-2/h4-14H,1-3H3;1-2H3/b21-14-,24-23?;. The number of nitrogens with zero attached hydrogens (tertiary/aromatic N) is 2. The number of carbonyl (C=O) groups excluding carboxylic acids is 1. The number of carbonyl (C=O) groups is 1. The lowest BCUT2D eigenvalue weighted by Gasteiger charge is -2.07. The third kappa shape index (κ3) is 5.10. The minimum Gasteiger partial charge on any atom is -0.290 e. The van der Waals surface area contributed by atoms with Crippen LogP contribution >= 0.6 is 23.1 Å². The molecule has 5 heteroatoms.